The molecule has 1 aliphatic rings. The standard InChI is InChI=1S/C22H23N7OS/c1-27-5-7-29(8-6-27)22-25-19(14-31-22)21(30)26-20-10-17-9-15(3-4-16(17)11-23-20)18-12-24-28(2)13-18/h3-4,9-14H,5-8H2,1-2H3,(H,23,26,30). The number of amides is 1. The molecule has 1 saturated heterocycles. The Morgan fingerprint density at radius 3 is 2.65 bits per heavy atom. The van der Waals surface area contributed by atoms with Gasteiger partial charge in [0.1, 0.15) is 11.5 Å². The minimum Gasteiger partial charge on any atom is -0.346 e. The van der Waals surface area contributed by atoms with Crippen LogP contribution < -0.4 is 10.2 Å². The molecule has 9 heteroatoms. The lowest BCUT2D eigenvalue weighted by Gasteiger charge is -2.32. The largest absolute Gasteiger partial charge is 0.346 e. The van der Waals surface area contributed by atoms with Crippen molar-refractivity contribution in [2.45, 2.75) is 0 Å². The highest BCUT2D eigenvalue weighted by Gasteiger charge is 2.19. The van der Waals surface area contributed by atoms with E-state index >= 15 is 0 Å². The Morgan fingerprint density at radius 2 is 1.87 bits per heavy atom. The van der Waals surface area contributed by atoms with E-state index in [9.17, 15) is 4.79 Å². The van der Waals surface area contributed by atoms with Crippen molar-refractivity contribution < 1.29 is 4.79 Å². The van der Waals surface area contributed by atoms with E-state index in [-0.39, 0.29) is 5.91 Å². The van der Waals surface area contributed by atoms with Gasteiger partial charge >= 0.3 is 0 Å². The van der Waals surface area contributed by atoms with E-state index in [1.807, 2.05) is 37.0 Å². The fourth-order valence-corrected chi connectivity index (χ4v) is 4.51. The van der Waals surface area contributed by atoms with Crippen LogP contribution in [0.1, 0.15) is 10.5 Å². The van der Waals surface area contributed by atoms with Crippen molar-refractivity contribution in [1.29, 1.82) is 0 Å². The number of thiazole rings is 1. The summed E-state index contributed by atoms with van der Waals surface area (Å²) in [5.74, 6) is 0.266. The summed E-state index contributed by atoms with van der Waals surface area (Å²) in [7, 11) is 4.02. The third-order valence-electron chi connectivity index (χ3n) is 5.50. The van der Waals surface area contributed by atoms with Gasteiger partial charge in [0.2, 0.25) is 0 Å². The molecule has 0 atom stereocenters. The van der Waals surface area contributed by atoms with Crippen LogP contribution in [0.2, 0.25) is 0 Å². The second-order valence-corrected chi connectivity index (χ2v) is 8.63. The normalized spacial score (nSPS) is 14.8. The lowest BCUT2D eigenvalue weighted by Crippen LogP contribution is -2.44. The van der Waals surface area contributed by atoms with E-state index in [0.29, 0.717) is 11.5 Å². The van der Waals surface area contributed by atoms with Crippen LogP contribution in [0.25, 0.3) is 21.9 Å². The summed E-state index contributed by atoms with van der Waals surface area (Å²) in [4.78, 5) is 26.2. The third-order valence-corrected chi connectivity index (χ3v) is 6.40. The minimum atomic E-state index is -0.244. The first kappa shape index (κ1) is 19.7. The molecule has 1 N–H and O–H groups in total. The first-order chi connectivity index (χ1) is 15.0. The molecule has 4 heterocycles. The van der Waals surface area contributed by atoms with Gasteiger partial charge in [-0.3, -0.25) is 9.48 Å². The number of likely N-dealkylation sites (N-methyl/N-ethyl adjacent to an activating group) is 1. The molecule has 4 aromatic rings. The first-order valence-electron chi connectivity index (χ1n) is 10.1. The Morgan fingerprint density at radius 1 is 1.03 bits per heavy atom. The van der Waals surface area contributed by atoms with Crippen LogP contribution in [-0.4, -0.2) is 63.8 Å². The number of rotatable bonds is 4. The van der Waals surface area contributed by atoms with Crippen molar-refractivity contribution in [3.63, 3.8) is 0 Å². The lowest BCUT2D eigenvalue weighted by molar-refractivity contribution is 0.102. The lowest BCUT2D eigenvalue weighted by atomic mass is 10.1. The molecule has 5 rings (SSSR count). The zero-order valence-electron chi connectivity index (χ0n) is 17.4. The molecule has 0 aliphatic carbocycles. The number of aryl methyl sites for hydroxylation is 1. The molecular formula is C22H23N7OS. The van der Waals surface area contributed by atoms with Gasteiger partial charge in [0.25, 0.3) is 5.91 Å². The Kier molecular flexibility index (Phi) is 5.13. The molecular weight excluding hydrogens is 410 g/mol. The van der Waals surface area contributed by atoms with Gasteiger partial charge in [-0.25, -0.2) is 9.97 Å². The SMILES string of the molecule is CN1CCN(c2nc(C(=O)Nc3cc4cc(-c5cnn(C)c5)ccc4cn3)cs2)CC1. The fourth-order valence-electron chi connectivity index (χ4n) is 3.65. The summed E-state index contributed by atoms with van der Waals surface area (Å²) in [6, 6.07) is 8.05. The summed E-state index contributed by atoms with van der Waals surface area (Å²) in [6.45, 7) is 3.86. The van der Waals surface area contributed by atoms with Crippen LogP contribution in [0, 0.1) is 0 Å². The van der Waals surface area contributed by atoms with Gasteiger partial charge in [-0.15, -0.1) is 11.3 Å². The predicted octanol–water partition coefficient (Wildman–Crippen LogP) is 3.10. The highest BCUT2D eigenvalue weighted by molar-refractivity contribution is 7.14. The second-order valence-electron chi connectivity index (χ2n) is 7.79. The minimum absolute atomic E-state index is 0.244. The maximum absolute atomic E-state index is 12.7. The highest BCUT2D eigenvalue weighted by Crippen LogP contribution is 2.26. The van der Waals surface area contributed by atoms with E-state index < -0.39 is 0 Å². The van der Waals surface area contributed by atoms with Crippen LogP contribution in [0.5, 0.6) is 0 Å². The number of anilines is 2. The van der Waals surface area contributed by atoms with Crippen molar-refractivity contribution in [3.8, 4) is 11.1 Å². The monoisotopic (exact) mass is 433 g/mol. The molecule has 1 amide bonds. The molecule has 0 saturated carbocycles. The quantitative estimate of drug-likeness (QED) is 0.533. The van der Waals surface area contributed by atoms with Crippen molar-refractivity contribution in [2.75, 3.05) is 43.4 Å². The van der Waals surface area contributed by atoms with Gasteiger partial charge in [-0.2, -0.15) is 5.10 Å². The number of nitrogens with zero attached hydrogens (tertiary/aromatic N) is 6. The molecule has 0 spiro atoms. The van der Waals surface area contributed by atoms with Crippen LogP contribution in [0.4, 0.5) is 10.9 Å². The summed E-state index contributed by atoms with van der Waals surface area (Å²) < 4.78 is 1.78. The molecule has 1 fully saturated rings. The molecule has 8 nitrogen and oxygen atoms in total. The number of carbonyl (C=O) groups excluding carboxylic acids is 1. The van der Waals surface area contributed by atoms with Gasteiger partial charge in [-0.1, -0.05) is 12.1 Å². The molecule has 3 aromatic heterocycles. The van der Waals surface area contributed by atoms with Crippen LogP contribution in [-0.2, 0) is 7.05 Å². The van der Waals surface area contributed by atoms with Crippen molar-refractivity contribution in [1.82, 2.24) is 24.6 Å². The third kappa shape index (κ3) is 4.14. The fraction of sp³-hybridized carbons (Fsp3) is 0.273. The van der Waals surface area contributed by atoms with Gasteiger partial charge in [-0.05, 0) is 30.1 Å². The number of hydrogen-bond donors (Lipinski definition) is 1. The van der Waals surface area contributed by atoms with E-state index in [2.05, 4.69) is 49.4 Å². The molecule has 1 aromatic carbocycles. The van der Waals surface area contributed by atoms with Crippen molar-refractivity contribution in [3.05, 3.63) is 53.9 Å². The van der Waals surface area contributed by atoms with Gasteiger partial charge in [0.05, 0.1) is 6.20 Å². The van der Waals surface area contributed by atoms with E-state index in [0.717, 1.165) is 53.2 Å². The Bertz CT molecular complexity index is 1240. The topological polar surface area (TPSA) is 79.2 Å². The molecule has 0 radical (unpaired) electrons. The molecule has 0 unspecified atom stereocenters. The number of hydrogen-bond acceptors (Lipinski definition) is 7. The van der Waals surface area contributed by atoms with Gasteiger partial charge in [0, 0.05) is 62.0 Å². The maximum Gasteiger partial charge on any atom is 0.276 e. The Balaban J connectivity index is 1.33. The van der Waals surface area contributed by atoms with Crippen LogP contribution in [0.3, 0.4) is 0 Å². The summed E-state index contributed by atoms with van der Waals surface area (Å²) in [5, 5.41) is 11.8. The van der Waals surface area contributed by atoms with E-state index in [1.165, 1.54) is 11.3 Å². The number of benzene rings is 1. The summed E-state index contributed by atoms with van der Waals surface area (Å²) >= 11 is 1.51. The average molecular weight is 434 g/mol. The number of pyridine rings is 1. The maximum atomic E-state index is 12.7. The van der Waals surface area contributed by atoms with E-state index in [4.69, 9.17) is 0 Å². The highest BCUT2D eigenvalue weighted by atomic mass is 32.1. The van der Waals surface area contributed by atoms with Crippen molar-refractivity contribution >= 4 is 39.0 Å². The number of carbonyl (C=O) groups is 1. The summed E-state index contributed by atoms with van der Waals surface area (Å²) in [5.41, 5.74) is 2.54. The number of piperazine rings is 1. The zero-order valence-corrected chi connectivity index (χ0v) is 18.3. The van der Waals surface area contributed by atoms with Crippen LogP contribution >= 0.6 is 11.3 Å². The van der Waals surface area contributed by atoms with Gasteiger partial charge in [0.15, 0.2) is 5.13 Å². The first-order valence-corrected chi connectivity index (χ1v) is 11.0. The molecule has 31 heavy (non-hydrogen) atoms. The number of aromatic nitrogens is 4. The smallest absolute Gasteiger partial charge is 0.276 e. The molecule has 1 aliphatic heterocycles. The second kappa shape index (κ2) is 8.09. The van der Waals surface area contributed by atoms with Crippen molar-refractivity contribution in [2.24, 2.45) is 7.05 Å². The molecule has 0 bridgehead atoms. The van der Waals surface area contributed by atoms with Crippen LogP contribution in [0.15, 0.2) is 48.2 Å². The Labute approximate surface area is 184 Å². The zero-order chi connectivity index (χ0) is 21.4. The van der Waals surface area contributed by atoms with E-state index in [1.54, 1.807) is 10.9 Å². The molecule has 158 valence electrons. The predicted molar refractivity (Wildman–Crippen MR) is 124 cm³/mol. The number of fused-ring (bicyclic) bond motifs is 1. The number of nitrogens with one attached hydrogen (secondary N) is 1. The van der Waals surface area contributed by atoms with Gasteiger partial charge < -0.3 is 15.1 Å². The summed E-state index contributed by atoms with van der Waals surface area (Å²) in [6.07, 6.45) is 5.59. The average Bonchev–Trinajstić information content (AvgIpc) is 3.43. The Hall–Kier alpha value is -3.30.